The van der Waals surface area contributed by atoms with E-state index in [0.717, 1.165) is 22.7 Å². The molecule has 3 N–H and O–H groups in total. The van der Waals surface area contributed by atoms with E-state index >= 15 is 0 Å². The molecular formula is C19H29Cl2N3OS. The van der Waals surface area contributed by atoms with E-state index in [1.165, 1.54) is 0 Å². The Balaban J connectivity index is 0.00000312. The minimum absolute atomic E-state index is 0. The molecular weight excluding hydrogens is 389 g/mol. The number of aromatic nitrogens is 1. The Morgan fingerprint density at radius 3 is 2.38 bits per heavy atom. The lowest BCUT2D eigenvalue weighted by atomic mass is 9.93. The first-order valence-electron chi connectivity index (χ1n) is 8.32. The Morgan fingerprint density at radius 2 is 1.85 bits per heavy atom. The van der Waals surface area contributed by atoms with Crippen LogP contribution in [0.3, 0.4) is 0 Å². The van der Waals surface area contributed by atoms with Crippen LogP contribution in [-0.2, 0) is 16.6 Å². The van der Waals surface area contributed by atoms with Crippen LogP contribution in [0.4, 0.5) is 0 Å². The lowest BCUT2D eigenvalue weighted by molar-refractivity contribution is -0.125. The molecule has 2 atom stereocenters. The zero-order chi connectivity index (χ0) is 17.7. The van der Waals surface area contributed by atoms with Crippen molar-refractivity contribution in [1.29, 1.82) is 0 Å². The lowest BCUT2D eigenvalue weighted by Crippen LogP contribution is -2.36. The molecule has 0 aliphatic carbocycles. The monoisotopic (exact) mass is 417 g/mol. The highest BCUT2D eigenvalue weighted by Gasteiger charge is 2.22. The molecule has 0 aliphatic rings. The van der Waals surface area contributed by atoms with Crippen LogP contribution in [0.1, 0.15) is 50.0 Å². The van der Waals surface area contributed by atoms with Gasteiger partial charge in [-0.3, -0.25) is 4.79 Å². The molecule has 146 valence electrons. The molecule has 1 amide bonds. The average Bonchev–Trinajstić information content (AvgIpc) is 3.03. The number of nitrogens with one attached hydrogen (secondary N) is 1. The smallest absolute Gasteiger partial charge is 0.224 e. The summed E-state index contributed by atoms with van der Waals surface area (Å²) in [6.45, 7) is 8.91. The highest BCUT2D eigenvalue weighted by molar-refractivity contribution is 7.09. The number of benzene rings is 1. The van der Waals surface area contributed by atoms with Crippen LogP contribution in [0.5, 0.6) is 0 Å². The van der Waals surface area contributed by atoms with E-state index in [-0.39, 0.29) is 48.1 Å². The largest absolute Gasteiger partial charge is 0.355 e. The van der Waals surface area contributed by atoms with Crippen molar-refractivity contribution in [2.45, 2.75) is 45.6 Å². The normalized spacial score (nSPS) is 13.1. The fourth-order valence-electron chi connectivity index (χ4n) is 2.35. The van der Waals surface area contributed by atoms with Crippen molar-refractivity contribution in [2.75, 3.05) is 6.54 Å². The molecule has 0 aliphatic heterocycles. The van der Waals surface area contributed by atoms with E-state index in [1.807, 2.05) is 37.3 Å². The van der Waals surface area contributed by atoms with Crippen LogP contribution in [0.25, 0.3) is 0 Å². The zero-order valence-corrected chi connectivity index (χ0v) is 18.1. The summed E-state index contributed by atoms with van der Waals surface area (Å²) in [6, 6.07) is 9.44. The SMILES string of the molecule is CC(C(=O)NCCc1nc(C(C)(C)C)cs1)C(N)c1ccccc1.Cl.Cl. The van der Waals surface area contributed by atoms with Crippen molar-refractivity contribution in [3.8, 4) is 0 Å². The number of nitrogens with zero attached hydrogens (tertiary/aromatic N) is 1. The lowest BCUT2D eigenvalue weighted by Gasteiger charge is -2.19. The molecule has 0 bridgehead atoms. The quantitative estimate of drug-likeness (QED) is 0.736. The van der Waals surface area contributed by atoms with Gasteiger partial charge in [0.1, 0.15) is 0 Å². The van der Waals surface area contributed by atoms with Gasteiger partial charge in [-0.25, -0.2) is 4.98 Å². The molecule has 4 nitrogen and oxygen atoms in total. The van der Waals surface area contributed by atoms with Gasteiger partial charge < -0.3 is 11.1 Å². The van der Waals surface area contributed by atoms with Gasteiger partial charge in [-0.05, 0) is 5.56 Å². The molecule has 2 rings (SSSR count). The van der Waals surface area contributed by atoms with Gasteiger partial charge in [0.2, 0.25) is 5.91 Å². The zero-order valence-electron chi connectivity index (χ0n) is 15.7. The summed E-state index contributed by atoms with van der Waals surface area (Å²) < 4.78 is 0. The molecule has 0 radical (unpaired) electrons. The summed E-state index contributed by atoms with van der Waals surface area (Å²) in [6.07, 6.45) is 0.750. The molecule has 0 spiro atoms. The van der Waals surface area contributed by atoms with Crippen LogP contribution in [0.2, 0.25) is 0 Å². The summed E-state index contributed by atoms with van der Waals surface area (Å²) in [5.41, 5.74) is 8.35. The predicted octanol–water partition coefficient (Wildman–Crippen LogP) is 4.28. The maximum atomic E-state index is 12.3. The van der Waals surface area contributed by atoms with E-state index in [1.54, 1.807) is 11.3 Å². The first-order valence-corrected chi connectivity index (χ1v) is 9.20. The third-order valence-electron chi connectivity index (χ3n) is 4.09. The molecule has 1 aromatic carbocycles. The molecule has 2 unspecified atom stereocenters. The third-order valence-corrected chi connectivity index (χ3v) is 5.00. The molecule has 1 heterocycles. The maximum absolute atomic E-state index is 12.3. The summed E-state index contributed by atoms with van der Waals surface area (Å²) >= 11 is 1.65. The Kier molecular flexibility index (Phi) is 10.4. The van der Waals surface area contributed by atoms with Crippen molar-refractivity contribution in [1.82, 2.24) is 10.3 Å². The van der Waals surface area contributed by atoms with E-state index < -0.39 is 0 Å². The second-order valence-corrected chi connectivity index (χ2v) is 8.09. The van der Waals surface area contributed by atoms with Crippen molar-refractivity contribution >= 4 is 42.1 Å². The minimum atomic E-state index is -0.293. The van der Waals surface area contributed by atoms with Crippen molar-refractivity contribution in [3.63, 3.8) is 0 Å². The van der Waals surface area contributed by atoms with Crippen LogP contribution in [0.15, 0.2) is 35.7 Å². The number of hydrogen-bond donors (Lipinski definition) is 2. The van der Waals surface area contributed by atoms with Gasteiger partial charge >= 0.3 is 0 Å². The summed E-state index contributed by atoms with van der Waals surface area (Å²) in [7, 11) is 0. The fraction of sp³-hybridized carbons (Fsp3) is 0.474. The second-order valence-electron chi connectivity index (χ2n) is 7.14. The number of thiazole rings is 1. The van der Waals surface area contributed by atoms with Gasteiger partial charge in [-0.2, -0.15) is 0 Å². The Hall–Kier alpha value is -1.14. The van der Waals surface area contributed by atoms with Gasteiger partial charge in [0, 0.05) is 29.8 Å². The number of halogens is 2. The topological polar surface area (TPSA) is 68.0 Å². The number of nitrogens with two attached hydrogens (primary N) is 1. The van der Waals surface area contributed by atoms with Crippen LogP contribution >= 0.6 is 36.2 Å². The Bertz CT molecular complexity index is 671. The molecule has 0 fully saturated rings. The third kappa shape index (κ3) is 6.88. The maximum Gasteiger partial charge on any atom is 0.224 e. The van der Waals surface area contributed by atoms with E-state index in [0.29, 0.717) is 6.54 Å². The van der Waals surface area contributed by atoms with Crippen LogP contribution < -0.4 is 11.1 Å². The van der Waals surface area contributed by atoms with Gasteiger partial charge in [0.25, 0.3) is 0 Å². The van der Waals surface area contributed by atoms with Gasteiger partial charge in [-0.1, -0.05) is 58.0 Å². The van der Waals surface area contributed by atoms with Crippen LogP contribution in [-0.4, -0.2) is 17.4 Å². The Morgan fingerprint density at radius 1 is 1.23 bits per heavy atom. The van der Waals surface area contributed by atoms with Crippen molar-refractivity contribution in [2.24, 2.45) is 11.7 Å². The molecule has 2 aromatic rings. The number of amides is 1. The number of carbonyl (C=O) groups is 1. The van der Waals surface area contributed by atoms with Gasteiger partial charge in [0.05, 0.1) is 16.6 Å². The minimum Gasteiger partial charge on any atom is -0.355 e. The van der Waals surface area contributed by atoms with E-state index in [9.17, 15) is 4.79 Å². The highest BCUT2D eigenvalue weighted by Crippen LogP contribution is 2.24. The number of rotatable bonds is 6. The first-order chi connectivity index (χ1) is 11.3. The average molecular weight is 418 g/mol. The van der Waals surface area contributed by atoms with E-state index in [4.69, 9.17) is 5.73 Å². The molecule has 7 heteroatoms. The summed E-state index contributed by atoms with van der Waals surface area (Å²) in [4.78, 5) is 17.0. The number of carbonyl (C=O) groups excluding carboxylic acids is 1. The number of hydrogen-bond acceptors (Lipinski definition) is 4. The second kappa shape index (κ2) is 10.9. The fourth-order valence-corrected chi connectivity index (χ4v) is 3.38. The Labute approximate surface area is 172 Å². The highest BCUT2D eigenvalue weighted by atomic mass is 35.5. The predicted molar refractivity (Wildman–Crippen MR) is 115 cm³/mol. The van der Waals surface area contributed by atoms with Crippen LogP contribution in [0, 0.1) is 5.92 Å². The molecule has 0 saturated heterocycles. The molecule has 1 aromatic heterocycles. The van der Waals surface area contributed by atoms with Crippen molar-refractivity contribution in [3.05, 3.63) is 52.0 Å². The first kappa shape index (κ1) is 24.9. The van der Waals surface area contributed by atoms with E-state index in [2.05, 4.69) is 36.5 Å². The van der Waals surface area contributed by atoms with Gasteiger partial charge in [-0.15, -0.1) is 36.2 Å². The summed E-state index contributed by atoms with van der Waals surface area (Å²) in [5, 5.41) is 6.14. The van der Waals surface area contributed by atoms with Crippen molar-refractivity contribution < 1.29 is 4.79 Å². The molecule has 26 heavy (non-hydrogen) atoms. The van der Waals surface area contributed by atoms with Gasteiger partial charge in [0.15, 0.2) is 0 Å². The standard InChI is InChI=1S/C19H27N3OS.2ClH/c1-13(17(20)14-8-6-5-7-9-14)18(23)21-11-10-16-22-15(12-24-16)19(2,3)4;;/h5-9,12-13,17H,10-11,20H2,1-4H3,(H,21,23);2*1H. The summed E-state index contributed by atoms with van der Waals surface area (Å²) in [5.74, 6) is -0.284. The molecule has 0 saturated carbocycles.